The number of ether oxygens (including phenoxy) is 1. The van der Waals surface area contributed by atoms with Gasteiger partial charge >= 0.3 is 6.09 Å². The van der Waals surface area contributed by atoms with Gasteiger partial charge in [-0.05, 0) is 32.8 Å². The van der Waals surface area contributed by atoms with Crippen LogP contribution in [0.1, 0.15) is 38.7 Å². The fraction of sp³-hybridized carbons (Fsp3) is 0.588. The van der Waals surface area contributed by atoms with Crippen LogP contribution >= 0.6 is 0 Å². The van der Waals surface area contributed by atoms with Crippen molar-refractivity contribution in [3.05, 3.63) is 35.9 Å². The fourth-order valence-electron chi connectivity index (χ4n) is 2.81. The molecule has 1 aromatic rings. The monoisotopic (exact) mass is 288 g/mol. The zero-order chi connectivity index (χ0) is 15.0. The predicted octanol–water partition coefficient (Wildman–Crippen LogP) is 2.75. The molecule has 4 nitrogen and oxygen atoms in total. The Morgan fingerprint density at radius 3 is 2.52 bits per heavy atom. The van der Waals surface area contributed by atoms with Crippen LogP contribution < -0.4 is 5.32 Å². The molecule has 4 heteroatoms. The zero-order valence-electron chi connectivity index (χ0n) is 13.0. The third-order valence-electron chi connectivity index (χ3n) is 4.00. The third kappa shape index (κ3) is 3.56. The molecule has 1 amide bonds. The van der Waals surface area contributed by atoms with Gasteiger partial charge in [-0.3, -0.25) is 0 Å². The lowest BCUT2D eigenvalue weighted by molar-refractivity contribution is 0.00510. The van der Waals surface area contributed by atoms with Crippen LogP contribution in [0.5, 0.6) is 0 Å². The van der Waals surface area contributed by atoms with Gasteiger partial charge in [-0.25, -0.2) is 4.79 Å². The van der Waals surface area contributed by atoms with Gasteiger partial charge in [0.25, 0.3) is 0 Å². The third-order valence-corrected chi connectivity index (χ3v) is 4.00. The van der Waals surface area contributed by atoms with E-state index in [4.69, 9.17) is 4.74 Å². The van der Waals surface area contributed by atoms with Crippen molar-refractivity contribution in [2.75, 3.05) is 13.1 Å². The molecule has 1 saturated carbocycles. The summed E-state index contributed by atoms with van der Waals surface area (Å²) in [7, 11) is 0. The summed E-state index contributed by atoms with van der Waals surface area (Å²) in [5, 5.41) is 3.64. The highest BCUT2D eigenvalue weighted by Gasteiger charge is 2.42. The minimum atomic E-state index is -0.412. The van der Waals surface area contributed by atoms with Crippen molar-refractivity contribution in [3.8, 4) is 0 Å². The van der Waals surface area contributed by atoms with Gasteiger partial charge < -0.3 is 15.0 Å². The standard InChI is InChI=1S/C17H24N2O2/c1-17(2,3)21-16(20)19-10-13(11-19)18-15-9-14(15)12-7-5-4-6-8-12/h4-8,13-15,18H,9-11H2,1-3H3. The number of amides is 1. The lowest BCUT2D eigenvalue weighted by Gasteiger charge is -2.40. The molecule has 0 aromatic heterocycles. The fourth-order valence-corrected chi connectivity index (χ4v) is 2.81. The summed E-state index contributed by atoms with van der Waals surface area (Å²) >= 11 is 0. The van der Waals surface area contributed by atoms with Crippen molar-refractivity contribution in [1.29, 1.82) is 0 Å². The summed E-state index contributed by atoms with van der Waals surface area (Å²) in [5.41, 5.74) is 1.00. The normalized spacial score (nSPS) is 25.4. The van der Waals surface area contributed by atoms with Crippen LogP contribution in [0.4, 0.5) is 4.79 Å². The van der Waals surface area contributed by atoms with Crippen LogP contribution in [0.2, 0.25) is 0 Å². The number of carbonyl (C=O) groups excluding carboxylic acids is 1. The first-order valence-corrected chi connectivity index (χ1v) is 7.71. The maximum atomic E-state index is 11.8. The lowest BCUT2D eigenvalue weighted by atomic mass is 10.1. The van der Waals surface area contributed by atoms with E-state index in [0.29, 0.717) is 18.0 Å². The molecule has 2 unspecified atom stereocenters. The Kier molecular flexibility index (Phi) is 3.66. The molecule has 0 bridgehead atoms. The Morgan fingerprint density at radius 1 is 1.24 bits per heavy atom. The van der Waals surface area contributed by atoms with Crippen molar-refractivity contribution < 1.29 is 9.53 Å². The molecule has 0 radical (unpaired) electrons. The van der Waals surface area contributed by atoms with Crippen molar-refractivity contribution in [2.24, 2.45) is 0 Å². The molecule has 1 aliphatic heterocycles. The van der Waals surface area contributed by atoms with Gasteiger partial charge in [-0.1, -0.05) is 30.3 Å². The van der Waals surface area contributed by atoms with Gasteiger partial charge in [0.15, 0.2) is 0 Å². The number of hydrogen-bond donors (Lipinski definition) is 1. The highest BCUT2D eigenvalue weighted by Crippen LogP contribution is 2.41. The molecule has 114 valence electrons. The summed E-state index contributed by atoms with van der Waals surface area (Å²) in [6.07, 6.45) is 1.00. The lowest BCUT2D eigenvalue weighted by Crippen LogP contribution is -2.61. The average molecular weight is 288 g/mol. The second-order valence-electron chi connectivity index (χ2n) is 7.11. The summed E-state index contributed by atoms with van der Waals surface area (Å²) < 4.78 is 5.36. The summed E-state index contributed by atoms with van der Waals surface area (Å²) in [4.78, 5) is 13.6. The second kappa shape index (κ2) is 5.34. The number of likely N-dealkylation sites (tertiary alicyclic amines) is 1. The van der Waals surface area contributed by atoms with E-state index in [1.807, 2.05) is 20.8 Å². The molecule has 2 aliphatic rings. The zero-order valence-corrected chi connectivity index (χ0v) is 13.0. The molecule has 2 fully saturated rings. The molecule has 1 saturated heterocycles. The number of nitrogens with one attached hydrogen (secondary N) is 1. The van der Waals surface area contributed by atoms with Crippen LogP contribution in [-0.2, 0) is 4.74 Å². The van der Waals surface area contributed by atoms with Crippen LogP contribution in [-0.4, -0.2) is 41.8 Å². The van der Waals surface area contributed by atoms with Gasteiger partial charge in [0.1, 0.15) is 5.60 Å². The van der Waals surface area contributed by atoms with Crippen molar-refractivity contribution in [3.63, 3.8) is 0 Å². The van der Waals surface area contributed by atoms with E-state index >= 15 is 0 Å². The minimum absolute atomic E-state index is 0.198. The minimum Gasteiger partial charge on any atom is -0.444 e. The van der Waals surface area contributed by atoms with Crippen LogP contribution in [0.15, 0.2) is 30.3 Å². The van der Waals surface area contributed by atoms with Crippen LogP contribution in [0, 0.1) is 0 Å². The molecule has 3 rings (SSSR count). The van der Waals surface area contributed by atoms with Gasteiger partial charge in [0.2, 0.25) is 0 Å². The van der Waals surface area contributed by atoms with Crippen molar-refractivity contribution >= 4 is 6.09 Å². The summed E-state index contributed by atoms with van der Waals surface area (Å²) in [5.74, 6) is 0.641. The van der Waals surface area contributed by atoms with E-state index < -0.39 is 5.60 Å². The van der Waals surface area contributed by atoms with E-state index in [2.05, 4.69) is 35.6 Å². The number of benzene rings is 1. The Labute approximate surface area is 126 Å². The molecule has 0 spiro atoms. The van der Waals surface area contributed by atoms with E-state index in [1.165, 1.54) is 12.0 Å². The van der Waals surface area contributed by atoms with Crippen LogP contribution in [0.25, 0.3) is 0 Å². The Balaban J connectivity index is 1.40. The first-order chi connectivity index (χ1) is 9.92. The maximum Gasteiger partial charge on any atom is 0.410 e. The smallest absolute Gasteiger partial charge is 0.410 e. The number of hydrogen-bond acceptors (Lipinski definition) is 3. The maximum absolute atomic E-state index is 11.8. The van der Waals surface area contributed by atoms with Gasteiger partial charge in [0.05, 0.1) is 0 Å². The summed E-state index contributed by atoms with van der Waals surface area (Å²) in [6.45, 7) is 7.21. The Hall–Kier alpha value is -1.55. The number of rotatable bonds is 3. The average Bonchev–Trinajstić information content (AvgIpc) is 3.11. The van der Waals surface area contributed by atoms with Gasteiger partial charge in [-0.15, -0.1) is 0 Å². The van der Waals surface area contributed by atoms with Crippen LogP contribution in [0.3, 0.4) is 0 Å². The molecule has 1 N–H and O–H groups in total. The molecule has 1 aromatic carbocycles. The first kappa shape index (κ1) is 14.4. The topological polar surface area (TPSA) is 41.6 Å². The highest BCUT2D eigenvalue weighted by molar-refractivity contribution is 5.69. The van der Waals surface area contributed by atoms with E-state index in [9.17, 15) is 4.79 Å². The van der Waals surface area contributed by atoms with E-state index in [0.717, 1.165) is 13.1 Å². The Morgan fingerprint density at radius 2 is 1.90 bits per heavy atom. The SMILES string of the molecule is CC(C)(C)OC(=O)N1CC(NC2CC2c2ccccc2)C1. The van der Waals surface area contributed by atoms with E-state index in [-0.39, 0.29) is 6.09 Å². The predicted molar refractivity (Wildman–Crippen MR) is 82.3 cm³/mol. The largest absolute Gasteiger partial charge is 0.444 e. The van der Waals surface area contributed by atoms with Gasteiger partial charge in [0, 0.05) is 31.1 Å². The molecular weight excluding hydrogens is 264 g/mol. The molecule has 2 atom stereocenters. The molecular formula is C17H24N2O2. The quantitative estimate of drug-likeness (QED) is 0.930. The Bertz CT molecular complexity index is 503. The highest BCUT2D eigenvalue weighted by atomic mass is 16.6. The molecule has 21 heavy (non-hydrogen) atoms. The second-order valence-corrected chi connectivity index (χ2v) is 7.11. The molecule has 1 heterocycles. The first-order valence-electron chi connectivity index (χ1n) is 7.71. The molecule has 1 aliphatic carbocycles. The number of carbonyl (C=O) groups is 1. The van der Waals surface area contributed by atoms with E-state index in [1.54, 1.807) is 4.90 Å². The van der Waals surface area contributed by atoms with Gasteiger partial charge in [-0.2, -0.15) is 0 Å². The van der Waals surface area contributed by atoms with Crippen molar-refractivity contribution in [1.82, 2.24) is 10.2 Å². The number of nitrogens with zero attached hydrogens (tertiary/aromatic N) is 1. The van der Waals surface area contributed by atoms with Crippen molar-refractivity contribution in [2.45, 2.75) is 50.8 Å². The summed E-state index contributed by atoms with van der Waals surface area (Å²) in [6, 6.07) is 11.6.